The predicted molar refractivity (Wildman–Crippen MR) is 89.7 cm³/mol. The highest BCUT2D eigenvalue weighted by atomic mass is 19.4. The van der Waals surface area contributed by atoms with Crippen molar-refractivity contribution in [2.75, 3.05) is 0 Å². The zero-order chi connectivity index (χ0) is 18.2. The summed E-state index contributed by atoms with van der Waals surface area (Å²) < 4.78 is 39.4. The monoisotopic (exact) mass is 346 g/mol. The summed E-state index contributed by atoms with van der Waals surface area (Å²) in [5.74, 6) is 0.0273. The number of aromatic hydroxyl groups is 1. The van der Waals surface area contributed by atoms with Crippen molar-refractivity contribution in [1.82, 2.24) is 4.57 Å². The number of alkyl halides is 3. The number of nitrogens with zero attached hydrogens (tertiary/aromatic N) is 2. The number of fused-ring (bicyclic) bond motifs is 1. The van der Waals surface area contributed by atoms with Crippen LogP contribution in [0, 0.1) is 4.91 Å². The van der Waals surface area contributed by atoms with E-state index in [-0.39, 0.29) is 17.1 Å². The third kappa shape index (κ3) is 3.00. The highest BCUT2D eigenvalue weighted by molar-refractivity contribution is 5.98. The number of halogens is 3. The maximum Gasteiger partial charge on any atom is 0.416 e. The van der Waals surface area contributed by atoms with Gasteiger partial charge >= 0.3 is 6.18 Å². The van der Waals surface area contributed by atoms with Crippen LogP contribution in [0.2, 0.25) is 0 Å². The van der Waals surface area contributed by atoms with Crippen LogP contribution in [0.5, 0.6) is 5.88 Å². The van der Waals surface area contributed by atoms with Crippen molar-refractivity contribution < 1.29 is 18.3 Å². The first-order chi connectivity index (χ1) is 11.8. The van der Waals surface area contributed by atoms with Gasteiger partial charge in [0.1, 0.15) is 5.70 Å². The van der Waals surface area contributed by atoms with E-state index in [9.17, 15) is 23.2 Å². The van der Waals surface area contributed by atoms with Crippen molar-refractivity contribution in [3.05, 3.63) is 70.3 Å². The Kier molecular flexibility index (Phi) is 4.08. The van der Waals surface area contributed by atoms with Gasteiger partial charge in [-0.15, -0.1) is 4.91 Å². The Labute approximate surface area is 140 Å². The van der Waals surface area contributed by atoms with Crippen LogP contribution in [-0.2, 0) is 13.2 Å². The molecular formula is C18H13F3N2O2. The quantitative estimate of drug-likeness (QED) is 0.666. The summed E-state index contributed by atoms with van der Waals surface area (Å²) in [4.78, 5) is 11.2. The van der Waals surface area contributed by atoms with E-state index in [1.807, 2.05) is 0 Å². The molecule has 0 fully saturated rings. The smallest absolute Gasteiger partial charge is 0.416 e. The predicted octanol–water partition coefficient (Wildman–Crippen LogP) is 5.17. The van der Waals surface area contributed by atoms with Gasteiger partial charge in [-0.1, -0.05) is 30.3 Å². The molecule has 3 rings (SSSR count). The maximum absolute atomic E-state index is 12.6. The van der Waals surface area contributed by atoms with E-state index < -0.39 is 11.7 Å². The largest absolute Gasteiger partial charge is 0.494 e. The average molecular weight is 346 g/mol. The summed E-state index contributed by atoms with van der Waals surface area (Å²) in [6, 6.07) is 11.2. The first kappa shape index (κ1) is 16.8. The Morgan fingerprint density at radius 2 is 1.68 bits per heavy atom. The second kappa shape index (κ2) is 6.08. The molecule has 0 atom stereocenters. The summed E-state index contributed by atoms with van der Waals surface area (Å²) in [5.41, 5.74) is -0.0427. The second-order valence-electron chi connectivity index (χ2n) is 5.51. The molecule has 0 aliphatic heterocycles. The van der Waals surface area contributed by atoms with Crippen LogP contribution >= 0.6 is 0 Å². The van der Waals surface area contributed by atoms with Crippen LogP contribution in [0.15, 0.2) is 53.7 Å². The lowest BCUT2D eigenvalue weighted by Crippen LogP contribution is -2.04. The molecule has 0 spiro atoms. The standard InChI is InChI=1S/C18H13F3N2O2/c1-23-16(13-4-2-3-5-14(13)17(23)24)10-15(22-25)11-6-8-12(9-7-11)18(19,20)21/h2-10,24H,1H3/b15-10-. The lowest BCUT2D eigenvalue weighted by Gasteiger charge is -2.07. The number of hydrogen-bond donors (Lipinski definition) is 1. The van der Waals surface area contributed by atoms with Crippen molar-refractivity contribution >= 4 is 22.5 Å². The van der Waals surface area contributed by atoms with Gasteiger partial charge in [-0.3, -0.25) is 0 Å². The van der Waals surface area contributed by atoms with Crippen molar-refractivity contribution in [3.63, 3.8) is 0 Å². The van der Waals surface area contributed by atoms with Crippen LogP contribution in [0.4, 0.5) is 13.2 Å². The molecule has 0 saturated carbocycles. The van der Waals surface area contributed by atoms with Gasteiger partial charge < -0.3 is 9.67 Å². The molecule has 25 heavy (non-hydrogen) atoms. The van der Waals surface area contributed by atoms with Gasteiger partial charge in [-0.2, -0.15) is 13.2 Å². The normalized spacial score (nSPS) is 12.6. The van der Waals surface area contributed by atoms with E-state index in [4.69, 9.17) is 0 Å². The number of rotatable bonds is 3. The van der Waals surface area contributed by atoms with Crippen LogP contribution in [-0.4, -0.2) is 9.67 Å². The minimum absolute atomic E-state index is 0.0273. The lowest BCUT2D eigenvalue weighted by molar-refractivity contribution is -0.137. The first-order valence-corrected chi connectivity index (χ1v) is 7.32. The average Bonchev–Trinajstić information content (AvgIpc) is 2.84. The summed E-state index contributed by atoms with van der Waals surface area (Å²) >= 11 is 0. The van der Waals surface area contributed by atoms with Gasteiger partial charge in [-0.25, -0.2) is 0 Å². The Balaban J connectivity index is 2.11. The highest BCUT2D eigenvalue weighted by Crippen LogP contribution is 2.34. The van der Waals surface area contributed by atoms with Crippen LogP contribution in [0.1, 0.15) is 16.8 Å². The summed E-state index contributed by atoms with van der Waals surface area (Å²) in [6.45, 7) is 0. The van der Waals surface area contributed by atoms with Gasteiger partial charge in [-0.05, 0) is 29.5 Å². The van der Waals surface area contributed by atoms with E-state index in [2.05, 4.69) is 5.18 Å². The Morgan fingerprint density at radius 1 is 1.08 bits per heavy atom. The topological polar surface area (TPSA) is 54.6 Å². The summed E-state index contributed by atoms with van der Waals surface area (Å²) in [7, 11) is 1.62. The molecule has 0 bridgehead atoms. The Bertz CT molecular complexity index is 970. The number of nitroso groups, excluding NO2 is 1. The fourth-order valence-corrected chi connectivity index (χ4v) is 2.67. The van der Waals surface area contributed by atoms with Gasteiger partial charge in [0.25, 0.3) is 0 Å². The molecule has 1 N–H and O–H groups in total. The van der Waals surface area contributed by atoms with E-state index in [1.165, 1.54) is 22.8 Å². The molecule has 128 valence electrons. The molecule has 1 heterocycles. The molecule has 2 aromatic carbocycles. The molecule has 0 aliphatic carbocycles. The third-order valence-electron chi connectivity index (χ3n) is 4.00. The van der Waals surface area contributed by atoms with E-state index >= 15 is 0 Å². The van der Waals surface area contributed by atoms with Crippen molar-refractivity contribution in [3.8, 4) is 5.88 Å². The van der Waals surface area contributed by atoms with Crippen LogP contribution in [0.25, 0.3) is 22.5 Å². The minimum atomic E-state index is -4.45. The number of hydrogen-bond acceptors (Lipinski definition) is 3. The second-order valence-corrected chi connectivity index (χ2v) is 5.51. The number of benzene rings is 2. The fraction of sp³-hybridized carbons (Fsp3) is 0.111. The molecule has 0 aliphatic rings. The summed E-state index contributed by atoms with van der Waals surface area (Å²) in [6.07, 6.45) is -3.01. The molecular weight excluding hydrogens is 333 g/mol. The van der Waals surface area contributed by atoms with Crippen molar-refractivity contribution in [2.45, 2.75) is 6.18 Å². The zero-order valence-electron chi connectivity index (χ0n) is 13.1. The van der Waals surface area contributed by atoms with Crippen LogP contribution < -0.4 is 0 Å². The molecule has 1 aromatic heterocycles. The molecule has 0 unspecified atom stereocenters. The molecule has 0 saturated heterocycles. The van der Waals surface area contributed by atoms with Gasteiger partial charge in [0.2, 0.25) is 0 Å². The Hall–Kier alpha value is -3.09. The van der Waals surface area contributed by atoms with Gasteiger partial charge in [0.15, 0.2) is 5.88 Å². The van der Waals surface area contributed by atoms with Gasteiger partial charge in [0, 0.05) is 23.4 Å². The van der Waals surface area contributed by atoms with E-state index in [0.29, 0.717) is 16.5 Å². The SMILES string of the molecule is Cn1c(O)c2ccccc2c1/C=C(\N=O)c1ccc(C(F)(F)F)cc1. The maximum atomic E-state index is 12.6. The minimum Gasteiger partial charge on any atom is -0.494 e. The molecule has 4 nitrogen and oxygen atoms in total. The lowest BCUT2D eigenvalue weighted by atomic mass is 10.1. The third-order valence-corrected chi connectivity index (χ3v) is 4.00. The summed E-state index contributed by atoms with van der Waals surface area (Å²) in [5, 5.41) is 14.4. The Morgan fingerprint density at radius 3 is 2.24 bits per heavy atom. The zero-order valence-corrected chi connectivity index (χ0v) is 13.1. The van der Waals surface area contributed by atoms with E-state index in [0.717, 1.165) is 12.1 Å². The fourth-order valence-electron chi connectivity index (χ4n) is 2.67. The molecule has 3 aromatic rings. The van der Waals surface area contributed by atoms with Gasteiger partial charge in [0.05, 0.1) is 11.3 Å². The number of aromatic nitrogens is 1. The molecule has 0 radical (unpaired) electrons. The van der Waals surface area contributed by atoms with E-state index in [1.54, 1.807) is 31.3 Å². The van der Waals surface area contributed by atoms with Crippen LogP contribution in [0.3, 0.4) is 0 Å². The van der Waals surface area contributed by atoms with Crippen molar-refractivity contribution in [2.24, 2.45) is 12.2 Å². The first-order valence-electron chi connectivity index (χ1n) is 7.32. The van der Waals surface area contributed by atoms with Crippen molar-refractivity contribution in [1.29, 1.82) is 0 Å². The highest BCUT2D eigenvalue weighted by Gasteiger charge is 2.30. The molecule has 7 heteroatoms. The molecule has 0 amide bonds.